The van der Waals surface area contributed by atoms with Crippen molar-refractivity contribution in [3.05, 3.63) is 24.3 Å². The maximum Gasteiger partial charge on any atom is 0.241 e. The summed E-state index contributed by atoms with van der Waals surface area (Å²) in [6, 6.07) is 7.86. The average Bonchev–Trinajstić information content (AvgIpc) is 2.83. The van der Waals surface area contributed by atoms with Crippen molar-refractivity contribution >= 4 is 23.4 Å². The lowest BCUT2D eigenvalue weighted by Crippen LogP contribution is -2.35. The second kappa shape index (κ2) is 5.37. The molecule has 0 aromatic heterocycles. The predicted octanol–water partition coefficient (Wildman–Crippen LogP) is 2.10. The van der Waals surface area contributed by atoms with E-state index in [0.29, 0.717) is 0 Å². The summed E-state index contributed by atoms with van der Waals surface area (Å²) in [5.41, 5.74) is 0.911. The zero-order valence-electron chi connectivity index (χ0n) is 9.32. The highest BCUT2D eigenvalue weighted by molar-refractivity contribution is 7.98. The van der Waals surface area contributed by atoms with Gasteiger partial charge in [0.25, 0.3) is 0 Å². The van der Waals surface area contributed by atoms with E-state index in [1.807, 2.05) is 30.5 Å². The van der Waals surface area contributed by atoms with Gasteiger partial charge < -0.3 is 10.6 Å². The van der Waals surface area contributed by atoms with Gasteiger partial charge in [-0.1, -0.05) is 12.1 Å². The molecule has 2 rings (SSSR count). The van der Waals surface area contributed by atoms with Crippen LogP contribution in [0.15, 0.2) is 29.2 Å². The first-order valence-electron chi connectivity index (χ1n) is 5.48. The maximum atomic E-state index is 11.9. The summed E-state index contributed by atoms with van der Waals surface area (Å²) in [5, 5.41) is 6.18. The third-order valence-electron chi connectivity index (χ3n) is 2.74. The number of anilines is 1. The number of nitrogens with one attached hydrogen (secondary N) is 2. The first kappa shape index (κ1) is 11.5. The number of hydrogen-bond acceptors (Lipinski definition) is 3. The van der Waals surface area contributed by atoms with Crippen molar-refractivity contribution in [2.24, 2.45) is 0 Å². The molecule has 1 aromatic rings. The molecule has 1 saturated heterocycles. The summed E-state index contributed by atoms with van der Waals surface area (Å²) in [7, 11) is 0. The first-order chi connectivity index (χ1) is 7.81. The van der Waals surface area contributed by atoms with Crippen LogP contribution in [0, 0.1) is 0 Å². The van der Waals surface area contributed by atoms with Gasteiger partial charge in [-0.15, -0.1) is 11.8 Å². The molecule has 0 bridgehead atoms. The molecule has 1 amide bonds. The molecule has 2 N–H and O–H groups in total. The molecule has 1 aliphatic heterocycles. The normalized spacial score (nSPS) is 19.7. The summed E-state index contributed by atoms with van der Waals surface area (Å²) in [6.45, 7) is 0.947. The highest BCUT2D eigenvalue weighted by Gasteiger charge is 2.22. The molecule has 16 heavy (non-hydrogen) atoms. The van der Waals surface area contributed by atoms with E-state index < -0.39 is 0 Å². The Morgan fingerprint density at radius 1 is 1.50 bits per heavy atom. The Labute approximate surface area is 100.0 Å². The van der Waals surface area contributed by atoms with Gasteiger partial charge in [-0.2, -0.15) is 0 Å². The Bertz CT molecular complexity index is 375. The van der Waals surface area contributed by atoms with Gasteiger partial charge in [0.05, 0.1) is 11.7 Å². The number of rotatable bonds is 3. The van der Waals surface area contributed by atoms with Crippen molar-refractivity contribution in [1.82, 2.24) is 5.32 Å². The molecule has 0 radical (unpaired) electrons. The van der Waals surface area contributed by atoms with E-state index >= 15 is 0 Å². The van der Waals surface area contributed by atoms with Crippen LogP contribution in [0.2, 0.25) is 0 Å². The van der Waals surface area contributed by atoms with Crippen molar-refractivity contribution in [2.75, 3.05) is 18.1 Å². The van der Waals surface area contributed by atoms with E-state index in [-0.39, 0.29) is 11.9 Å². The molecule has 0 spiro atoms. The summed E-state index contributed by atoms with van der Waals surface area (Å²) >= 11 is 1.64. The van der Waals surface area contributed by atoms with Crippen LogP contribution in [-0.4, -0.2) is 24.7 Å². The van der Waals surface area contributed by atoms with Gasteiger partial charge in [-0.3, -0.25) is 4.79 Å². The fourth-order valence-electron chi connectivity index (χ4n) is 1.88. The largest absolute Gasteiger partial charge is 0.324 e. The molecule has 3 nitrogen and oxygen atoms in total. The molecule has 86 valence electrons. The Kier molecular flexibility index (Phi) is 3.85. The van der Waals surface area contributed by atoms with Crippen molar-refractivity contribution in [1.29, 1.82) is 0 Å². The highest BCUT2D eigenvalue weighted by atomic mass is 32.2. The molecular formula is C12H16N2OS. The molecule has 1 aromatic carbocycles. The van der Waals surface area contributed by atoms with E-state index in [4.69, 9.17) is 0 Å². The van der Waals surface area contributed by atoms with Gasteiger partial charge in [0.2, 0.25) is 5.91 Å². The number of hydrogen-bond donors (Lipinski definition) is 2. The first-order valence-corrected chi connectivity index (χ1v) is 6.71. The van der Waals surface area contributed by atoms with Crippen molar-refractivity contribution < 1.29 is 4.79 Å². The number of benzene rings is 1. The van der Waals surface area contributed by atoms with Gasteiger partial charge in [0.15, 0.2) is 0 Å². The summed E-state index contributed by atoms with van der Waals surface area (Å²) in [5.74, 6) is 0.0824. The third-order valence-corrected chi connectivity index (χ3v) is 3.54. The van der Waals surface area contributed by atoms with Gasteiger partial charge in [-0.25, -0.2) is 0 Å². The minimum atomic E-state index is -0.0186. The van der Waals surface area contributed by atoms with Crippen LogP contribution in [0.3, 0.4) is 0 Å². The number of carbonyl (C=O) groups is 1. The van der Waals surface area contributed by atoms with Gasteiger partial charge in [-0.05, 0) is 37.8 Å². The summed E-state index contributed by atoms with van der Waals surface area (Å²) < 4.78 is 0. The SMILES string of the molecule is CSc1ccccc1NC(=O)[C@H]1CCCN1. The Morgan fingerprint density at radius 2 is 2.31 bits per heavy atom. The fraction of sp³-hybridized carbons (Fsp3) is 0.417. The molecule has 1 fully saturated rings. The number of para-hydroxylation sites is 1. The van der Waals surface area contributed by atoms with E-state index in [1.54, 1.807) is 11.8 Å². The zero-order chi connectivity index (χ0) is 11.4. The standard InChI is InChI=1S/C12H16N2OS/c1-16-11-7-3-2-5-9(11)14-12(15)10-6-4-8-13-10/h2-3,5,7,10,13H,4,6,8H2,1H3,(H,14,15)/t10-/m1/s1. The van der Waals surface area contributed by atoms with Crippen molar-refractivity contribution in [2.45, 2.75) is 23.8 Å². The van der Waals surface area contributed by atoms with E-state index in [0.717, 1.165) is 30.0 Å². The average molecular weight is 236 g/mol. The molecule has 1 aliphatic rings. The predicted molar refractivity (Wildman–Crippen MR) is 67.9 cm³/mol. The van der Waals surface area contributed by atoms with Crippen molar-refractivity contribution in [3.63, 3.8) is 0 Å². The minimum Gasteiger partial charge on any atom is -0.324 e. The molecule has 0 saturated carbocycles. The van der Waals surface area contributed by atoms with Crippen LogP contribution in [0.25, 0.3) is 0 Å². The smallest absolute Gasteiger partial charge is 0.241 e. The lowest BCUT2D eigenvalue weighted by molar-refractivity contribution is -0.117. The molecule has 1 atom stereocenters. The van der Waals surface area contributed by atoms with Crippen LogP contribution in [0.5, 0.6) is 0 Å². The highest BCUT2D eigenvalue weighted by Crippen LogP contribution is 2.25. The molecule has 0 aliphatic carbocycles. The van der Waals surface area contributed by atoms with E-state index in [1.165, 1.54) is 0 Å². The Hall–Kier alpha value is -1.00. The number of thioether (sulfide) groups is 1. The summed E-state index contributed by atoms with van der Waals surface area (Å²) in [6.07, 6.45) is 4.04. The van der Waals surface area contributed by atoms with Crippen LogP contribution in [-0.2, 0) is 4.79 Å². The number of carbonyl (C=O) groups excluding carboxylic acids is 1. The van der Waals surface area contributed by atoms with Crippen LogP contribution in [0.4, 0.5) is 5.69 Å². The van der Waals surface area contributed by atoms with E-state index in [9.17, 15) is 4.79 Å². The third kappa shape index (κ3) is 2.57. The second-order valence-electron chi connectivity index (χ2n) is 3.84. The maximum absolute atomic E-state index is 11.9. The molecule has 4 heteroatoms. The van der Waals surface area contributed by atoms with E-state index in [2.05, 4.69) is 10.6 Å². The van der Waals surface area contributed by atoms with Crippen LogP contribution < -0.4 is 10.6 Å². The second-order valence-corrected chi connectivity index (χ2v) is 4.69. The molecule has 1 heterocycles. The van der Waals surface area contributed by atoms with Gasteiger partial charge in [0, 0.05) is 4.90 Å². The van der Waals surface area contributed by atoms with Crippen molar-refractivity contribution in [3.8, 4) is 0 Å². The van der Waals surface area contributed by atoms with Gasteiger partial charge in [0.1, 0.15) is 0 Å². The lowest BCUT2D eigenvalue weighted by Gasteiger charge is -2.13. The number of amides is 1. The fourth-order valence-corrected chi connectivity index (χ4v) is 2.43. The quantitative estimate of drug-likeness (QED) is 0.790. The Balaban J connectivity index is 2.05. The van der Waals surface area contributed by atoms with Crippen LogP contribution in [0.1, 0.15) is 12.8 Å². The lowest BCUT2D eigenvalue weighted by atomic mass is 10.2. The molecular weight excluding hydrogens is 220 g/mol. The zero-order valence-corrected chi connectivity index (χ0v) is 10.1. The minimum absolute atomic E-state index is 0.0186. The van der Waals surface area contributed by atoms with Gasteiger partial charge >= 0.3 is 0 Å². The summed E-state index contributed by atoms with van der Waals surface area (Å²) in [4.78, 5) is 13.0. The topological polar surface area (TPSA) is 41.1 Å². The Morgan fingerprint density at radius 3 is 3.00 bits per heavy atom. The monoisotopic (exact) mass is 236 g/mol. The van der Waals surface area contributed by atoms with Crippen LogP contribution >= 0.6 is 11.8 Å². The molecule has 0 unspecified atom stereocenters.